The van der Waals surface area contributed by atoms with E-state index in [-0.39, 0.29) is 6.10 Å². The van der Waals surface area contributed by atoms with E-state index in [1.165, 1.54) is 59.9 Å². The van der Waals surface area contributed by atoms with Crippen LogP contribution in [-0.2, 0) is 17.6 Å². The zero-order valence-electron chi connectivity index (χ0n) is 20.7. The highest BCUT2D eigenvalue weighted by Crippen LogP contribution is 2.48. The summed E-state index contributed by atoms with van der Waals surface area (Å²) in [5.74, 6) is 0.529. The van der Waals surface area contributed by atoms with Crippen molar-refractivity contribution in [1.82, 2.24) is 0 Å². The molecule has 2 unspecified atom stereocenters. The molecule has 184 valence electrons. The van der Waals surface area contributed by atoms with Gasteiger partial charge in [-0.05, 0) is 47.7 Å². The molecule has 4 aromatic heterocycles. The van der Waals surface area contributed by atoms with Crippen LogP contribution >= 0.6 is 45.3 Å². The molecule has 5 heteroatoms. The van der Waals surface area contributed by atoms with Crippen LogP contribution < -0.4 is 0 Å². The molecule has 0 fully saturated rings. The third-order valence-corrected chi connectivity index (χ3v) is 12.3. The maximum atomic E-state index is 5.94. The van der Waals surface area contributed by atoms with Crippen LogP contribution in [0, 0.1) is 0 Å². The molecular weight excluding hydrogens is 529 g/mol. The van der Waals surface area contributed by atoms with Gasteiger partial charge < -0.3 is 4.74 Å². The molecule has 0 amide bonds. The zero-order chi connectivity index (χ0) is 24.9. The molecule has 0 N–H and O–H groups in total. The molecule has 37 heavy (non-hydrogen) atoms. The summed E-state index contributed by atoms with van der Waals surface area (Å²) in [6, 6.07) is 31.2. The summed E-state index contributed by atoms with van der Waals surface area (Å²) in [4.78, 5) is 2.81. The quantitative estimate of drug-likeness (QED) is 0.190. The predicted molar refractivity (Wildman–Crippen MR) is 166 cm³/mol. The number of methoxy groups -OCH3 is 1. The number of fused-ring (bicyclic) bond motifs is 6. The van der Waals surface area contributed by atoms with Gasteiger partial charge >= 0.3 is 0 Å². The Kier molecular flexibility index (Phi) is 6.14. The number of rotatable bonds is 7. The van der Waals surface area contributed by atoms with Gasteiger partial charge in [0.05, 0.1) is 15.5 Å². The Morgan fingerprint density at radius 3 is 1.68 bits per heavy atom. The first-order valence-electron chi connectivity index (χ1n) is 12.6. The van der Waals surface area contributed by atoms with Gasteiger partial charge in [0.25, 0.3) is 0 Å². The average molecular weight is 555 g/mol. The van der Waals surface area contributed by atoms with Crippen LogP contribution in [-0.4, -0.2) is 7.11 Å². The normalized spacial score (nSPS) is 13.8. The Bertz CT molecular complexity index is 1840. The number of hydrogen-bond acceptors (Lipinski definition) is 5. The standard InChI is InChI=1S/C32H26OS4/c1-19(13-20-9-5-3-6-10-20)25-17-29-31(36-25)22-15-27-23(16-26(22)34-29)32-30(35-27)18-28(37-32)24(33-2)14-21-11-7-4-8-12-21/h3-12,15-19,24H,13-14H2,1-2H3. The summed E-state index contributed by atoms with van der Waals surface area (Å²) >= 11 is 7.76. The Morgan fingerprint density at radius 2 is 1.11 bits per heavy atom. The summed E-state index contributed by atoms with van der Waals surface area (Å²) < 4.78 is 14.4. The van der Waals surface area contributed by atoms with Crippen molar-refractivity contribution in [2.45, 2.75) is 31.8 Å². The van der Waals surface area contributed by atoms with E-state index in [0.29, 0.717) is 5.92 Å². The lowest BCUT2D eigenvalue weighted by molar-refractivity contribution is 0.107. The Labute approximate surface area is 232 Å². The fourth-order valence-electron chi connectivity index (χ4n) is 5.23. The van der Waals surface area contributed by atoms with Gasteiger partial charge in [-0.1, -0.05) is 67.6 Å². The van der Waals surface area contributed by atoms with Crippen molar-refractivity contribution in [2.24, 2.45) is 0 Å². The highest BCUT2D eigenvalue weighted by atomic mass is 32.1. The SMILES string of the molecule is COC(Cc1ccccc1)c1cc2sc3cc4c(cc3c2s1)sc1cc(C(C)Cc2ccccc2)sc14. The van der Waals surface area contributed by atoms with Gasteiger partial charge in [0, 0.05) is 52.9 Å². The van der Waals surface area contributed by atoms with E-state index in [4.69, 9.17) is 4.74 Å². The summed E-state index contributed by atoms with van der Waals surface area (Å²) in [6.07, 6.45) is 2.08. The highest BCUT2D eigenvalue weighted by Gasteiger charge is 2.20. The van der Waals surface area contributed by atoms with Crippen LogP contribution in [0.1, 0.15) is 39.8 Å². The molecule has 0 aliphatic carbocycles. The van der Waals surface area contributed by atoms with E-state index in [1.54, 1.807) is 0 Å². The van der Waals surface area contributed by atoms with E-state index >= 15 is 0 Å². The molecule has 7 aromatic rings. The molecule has 7 rings (SSSR count). The second kappa shape index (κ2) is 9.64. The first-order chi connectivity index (χ1) is 18.2. The molecule has 0 saturated carbocycles. The van der Waals surface area contributed by atoms with Crippen LogP contribution in [0.25, 0.3) is 39.0 Å². The molecule has 4 heterocycles. The van der Waals surface area contributed by atoms with Crippen molar-refractivity contribution >= 4 is 84.3 Å². The maximum Gasteiger partial charge on any atom is 0.0953 e. The fraction of sp³-hybridized carbons (Fsp3) is 0.188. The first kappa shape index (κ1) is 23.6. The van der Waals surface area contributed by atoms with Crippen molar-refractivity contribution in [3.63, 3.8) is 0 Å². The van der Waals surface area contributed by atoms with E-state index in [1.807, 2.05) is 52.5 Å². The van der Waals surface area contributed by atoms with Crippen molar-refractivity contribution in [3.05, 3.63) is 106 Å². The van der Waals surface area contributed by atoms with Gasteiger partial charge in [-0.3, -0.25) is 0 Å². The lowest BCUT2D eigenvalue weighted by Gasteiger charge is -2.13. The molecule has 0 spiro atoms. The lowest BCUT2D eigenvalue weighted by Crippen LogP contribution is -2.03. The van der Waals surface area contributed by atoms with Crippen molar-refractivity contribution in [1.29, 1.82) is 0 Å². The van der Waals surface area contributed by atoms with Crippen LogP contribution in [0.5, 0.6) is 0 Å². The third kappa shape index (κ3) is 4.33. The Hall–Kier alpha value is -2.54. The van der Waals surface area contributed by atoms with Crippen LogP contribution in [0.4, 0.5) is 0 Å². The van der Waals surface area contributed by atoms with Crippen LogP contribution in [0.2, 0.25) is 0 Å². The minimum Gasteiger partial charge on any atom is -0.376 e. The van der Waals surface area contributed by atoms with Gasteiger partial charge in [0.1, 0.15) is 0 Å². The van der Waals surface area contributed by atoms with E-state index in [9.17, 15) is 0 Å². The van der Waals surface area contributed by atoms with Crippen molar-refractivity contribution in [3.8, 4) is 0 Å². The highest BCUT2D eigenvalue weighted by molar-refractivity contribution is 7.34. The Balaban J connectivity index is 1.23. The summed E-state index contributed by atoms with van der Waals surface area (Å²) in [7, 11) is 1.83. The van der Waals surface area contributed by atoms with Crippen LogP contribution in [0.15, 0.2) is 84.9 Å². The number of thiophene rings is 4. The third-order valence-electron chi connectivity index (χ3n) is 7.18. The molecule has 0 aliphatic rings. The summed E-state index contributed by atoms with van der Waals surface area (Å²) in [5.41, 5.74) is 2.73. The number of benzene rings is 3. The molecule has 0 saturated heterocycles. The fourth-order valence-corrected chi connectivity index (χ4v) is 10.5. The molecule has 0 bridgehead atoms. The smallest absolute Gasteiger partial charge is 0.0953 e. The van der Waals surface area contributed by atoms with Crippen molar-refractivity contribution < 1.29 is 4.74 Å². The van der Waals surface area contributed by atoms with Gasteiger partial charge in [0.15, 0.2) is 0 Å². The van der Waals surface area contributed by atoms with Gasteiger partial charge in [-0.25, -0.2) is 0 Å². The van der Waals surface area contributed by atoms with Crippen molar-refractivity contribution in [2.75, 3.05) is 7.11 Å². The largest absolute Gasteiger partial charge is 0.376 e. The second-order valence-electron chi connectivity index (χ2n) is 9.74. The Morgan fingerprint density at radius 1 is 0.595 bits per heavy atom. The maximum absolute atomic E-state index is 5.94. The number of ether oxygens (including phenoxy) is 1. The van der Waals surface area contributed by atoms with Gasteiger partial charge in [-0.15, -0.1) is 45.3 Å². The molecular formula is C32H26OS4. The van der Waals surface area contributed by atoms with E-state index < -0.39 is 0 Å². The summed E-state index contributed by atoms with van der Waals surface area (Å²) in [6.45, 7) is 2.36. The zero-order valence-corrected chi connectivity index (χ0v) is 24.0. The topological polar surface area (TPSA) is 9.23 Å². The molecule has 0 radical (unpaired) electrons. The average Bonchev–Trinajstić information content (AvgIpc) is 3.67. The molecule has 0 aliphatic heterocycles. The molecule has 3 aromatic carbocycles. The minimum atomic E-state index is 0.0918. The predicted octanol–water partition coefficient (Wildman–Crippen LogP) is 10.8. The molecule has 1 nitrogen and oxygen atoms in total. The summed E-state index contributed by atoms with van der Waals surface area (Å²) in [5, 5.41) is 2.81. The van der Waals surface area contributed by atoms with Gasteiger partial charge in [0.2, 0.25) is 0 Å². The second-order valence-corrected chi connectivity index (χ2v) is 14.1. The van der Waals surface area contributed by atoms with Gasteiger partial charge in [-0.2, -0.15) is 0 Å². The minimum absolute atomic E-state index is 0.0918. The molecule has 2 atom stereocenters. The number of hydrogen-bond donors (Lipinski definition) is 0. The van der Waals surface area contributed by atoms with E-state index in [0.717, 1.165) is 12.8 Å². The first-order valence-corrected chi connectivity index (χ1v) is 15.9. The monoisotopic (exact) mass is 554 g/mol. The van der Waals surface area contributed by atoms with Crippen LogP contribution in [0.3, 0.4) is 0 Å². The van der Waals surface area contributed by atoms with E-state index in [2.05, 4.69) is 91.9 Å². The lowest BCUT2D eigenvalue weighted by atomic mass is 10.00.